The Morgan fingerprint density at radius 1 is 1.17 bits per heavy atom. The highest BCUT2D eigenvalue weighted by Crippen LogP contribution is 2.30. The van der Waals surface area contributed by atoms with E-state index in [1.54, 1.807) is 12.1 Å². The van der Waals surface area contributed by atoms with E-state index in [1.807, 2.05) is 0 Å². The molecule has 0 bridgehead atoms. The van der Waals surface area contributed by atoms with E-state index in [0.717, 1.165) is 16.7 Å². The number of benzene rings is 2. The first kappa shape index (κ1) is 15.3. The van der Waals surface area contributed by atoms with Gasteiger partial charge in [-0.15, -0.1) is 0 Å². The van der Waals surface area contributed by atoms with Crippen molar-refractivity contribution < 1.29 is 19.4 Å². The Hall–Kier alpha value is -2.60. The number of carbonyl (C=O) groups is 1. The van der Waals surface area contributed by atoms with Crippen LogP contribution in [0, 0.1) is 5.82 Å². The van der Waals surface area contributed by atoms with Gasteiger partial charge in [-0.1, -0.05) is 12.1 Å². The van der Waals surface area contributed by atoms with Crippen LogP contribution < -0.4 is 10.6 Å². The van der Waals surface area contributed by atoms with Gasteiger partial charge in [0.2, 0.25) is 5.91 Å². The van der Waals surface area contributed by atoms with Gasteiger partial charge in [0.15, 0.2) is 11.5 Å². The van der Waals surface area contributed by atoms with Gasteiger partial charge in [0.05, 0.1) is 6.04 Å². The molecule has 0 aromatic heterocycles. The number of carbonyl (C=O) groups excluding carboxylic acids is 1. The summed E-state index contributed by atoms with van der Waals surface area (Å²) in [4.78, 5) is 12.2. The fraction of sp³-hybridized carbons (Fsp3) is 0.235. The smallest absolute Gasteiger partial charge is 0.237 e. The summed E-state index contributed by atoms with van der Waals surface area (Å²) >= 11 is 0. The van der Waals surface area contributed by atoms with Crippen LogP contribution in [0.25, 0.3) is 0 Å². The van der Waals surface area contributed by atoms with E-state index in [1.165, 1.54) is 24.3 Å². The molecule has 1 atom stereocenters. The standard InChI is InChI=1S/C17H17FN2O3/c18-13-3-1-10(2-4-13)8-20-17(23)14-5-11-6-15(21)16(22)7-12(11)9-19-14/h1-4,6-7,14,19,21-22H,5,8-9H2,(H,20,23)/t14-/m0/s1. The third-order valence-corrected chi connectivity index (χ3v) is 3.96. The van der Waals surface area contributed by atoms with Gasteiger partial charge in [0, 0.05) is 13.1 Å². The van der Waals surface area contributed by atoms with Crippen LogP contribution in [-0.4, -0.2) is 22.2 Å². The molecular weight excluding hydrogens is 299 g/mol. The predicted molar refractivity (Wildman–Crippen MR) is 82.4 cm³/mol. The van der Waals surface area contributed by atoms with Crippen LogP contribution >= 0.6 is 0 Å². The van der Waals surface area contributed by atoms with E-state index in [0.29, 0.717) is 19.5 Å². The van der Waals surface area contributed by atoms with E-state index in [9.17, 15) is 19.4 Å². The Kier molecular flexibility index (Phi) is 4.16. The Morgan fingerprint density at radius 2 is 1.83 bits per heavy atom. The van der Waals surface area contributed by atoms with E-state index < -0.39 is 6.04 Å². The van der Waals surface area contributed by atoms with Crippen molar-refractivity contribution in [2.75, 3.05) is 0 Å². The van der Waals surface area contributed by atoms with Gasteiger partial charge in [-0.2, -0.15) is 0 Å². The lowest BCUT2D eigenvalue weighted by Gasteiger charge is -2.25. The second kappa shape index (κ2) is 6.26. The zero-order valence-electron chi connectivity index (χ0n) is 12.3. The summed E-state index contributed by atoms with van der Waals surface area (Å²) in [5.41, 5.74) is 2.52. The zero-order valence-corrected chi connectivity index (χ0v) is 12.3. The number of fused-ring (bicyclic) bond motifs is 1. The van der Waals surface area contributed by atoms with Crippen LogP contribution in [0.5, 0.6) is 11.5 Å². The average molecular weight is 316 g/mol. The molecule has 1 amide bonds. The third-order valence-electron chi connectivity index (χ3n) is 3.96. The highest BCUT2D eigenvalue weighted by Gasteiger charge is 2.25. The fourth-order valence-electron chi connectivity index (χ4n) is 2.64. The number of hydrogen-bond donors (Lipinski definition) is 4. The van der Waals surface area contributed by atoms with Crippen molar-refractivity contribution in [1.29, 1.82) is 0 Å². The molecule has 0 fully saturated rings. The van der Waals surface area contributed by atoms with E-state index in [-0.39, 0.29) is 23.2 Å². The second-order valence-electron chi connectivity index (χ2n) is 5.59. The average Bonchev–Trinajstić information content (AvgIpc) is 2.54. The Bertz CT molecular complexity index is 731. The Labute approximate surface area is 132 Å². The highest BCUT2D eigenvalue weighted by molar-refractivity contribution is 5.82. The monoisotopic (exact) mass is 316 g/mol. The summed E-state index contributed by atoms with van der Waals surface area (Å²) in [5, 5.41) is 25.0. The lowest BCUT2D eigenvalue weighted by atomic mass is 9.94. The predicted octanol–water partition coefficient (Wildman–Crippen LogP) is 1.57. The zero-order chi connectivity index (χ0) is 16.4. The van der Waals surface area contributed by atoms with Crippen LogP contribution in [0.3, 0.4) is 0 Å². The molecule has 0 saturated heterocycles. The van der Waals surface area contributed by atoms with Gasteiger partial charge in [0.1, 0.15) is 5.82 Å². The van der Waals surface area contributed by atoms with Gasteiger partial charge >= 0.3 is 0 Å². The molecular formula is C17H17FN2O3. The molecule has 2 aromatic rings. The number of aromatic hydroxyl groups is 2. The molecule has 23 heavy (non-hydrogen) atoms. The Balaban J connectivity index is 1.62. The van der Waals surface area contributed by atoms with Gasteiger partial charge < -0.3 is 20.8 Å². The fourth-order valence-corrected chi connectivity index (χ4v) is 2.64. The number of nitrogens with one attached hydrogen (secondary N) is 2. The third kappa shape index (κ3) is 3.43. The van der Waals surface area contributed by atoms with Crippen molar-refractivity contribution in [2.45, 2.75) is 25.6 Å². The number of phenolic OH excluding ortho intramolecular Hbond substituents is 2. The first-order chi connectivity index (χ1) is 11.0. The summed E-state index contributed by atoms with van der Waals surface area (Å²) in [6.45, 7) is 0.767. The van der Waals surface area contributed by atoms with Gasteiger partial charge in [0.25, 0.3) is 0 Å². The summed E-state index contributed by atoms with van der Waals surface area (Å²) in [6.07, 6.45) is 0.429. The molecule has 2 aromatic carbocycles. The van der Waals surface area contributed by atoms with E-state index in [4.69, 9.17) is 0 Å². The largest absolute Gasteiger partial charge is 0.504 e. The first-order valence-corrected chi connectivity index (χ1v) is 7.32. The maximum Gasteiger partial charge on any atom is 0.237 e. The molecule has 0 spiro atoms. The molecule has 4 N–H and O–H groups in total. The minimum absolute atomic E-state index is 0.160. The van der Waals surface area contributed by atoms with Crippen molar-refractivity contribution in [3.8, 4) is 11.5 Å². The van der Waals surface area contributed by atoms with Gasteiger partial charge in [-0.3, -0.25) is 4.79 Å². The van der Waals surface area contributed by atoms with Crippen molar-refractivity contribution in [3.05, 3.63) is 58.9 Å². The summed E-state index contributed by atoms with van der Waals surface area (Å²) < 4.78 is 12.8. The first-order valence-electron chi connectivity index (χ1n) is 7.32. The molecule has 1 heterocycles. The maximum atomic E-state index is 12.8. The van der Waals surface area contributed by atoms with Gasteiger partial charge in [-0.05, 0) is 47.4 Å². The van der Waals surface area contributed by atoms with E-state index >= 15 is 0 Å². The number of phenols is 2. The Morgan fingerprint density at radius 3 is 2.52 bits per heavy atom. The van der Waals surface area contributed by atoms with Gasteiger partial charge in [-0.25, -0.2) is 4.39 Å². The summed E-state index contributed by atoms with van der Waals surface area (Å²) in [6, 6.07) is 8.54. The molecule has 0 unspecified atom stereocenters. The minimum Gasteiger partial charge on any atom is -0.504 e. The minimum atomic E-state index is -0.410. The molecule has 1 aliphatic rings. The maximum absolute atomic E-state index is 12.8. The van der Waals surface area contributed by atoms with Crippen molar-refractivity contribution in [3.63, 3.8) is 0 Å². The summed E-state index contributed by atoms with van der Waals surface area (Å²) in [7, 11) is 0. The molecule has 120 valence electrons. The van der Waals surface area contributed by atoms with Crippen molar-refractivity contribution in [2.24, 2.45) is 0 Å². The summed E-state index contributed by atoms with van der Waals surface area (Å²) in [5.74, 6) is -0.817. The number of amides is 1. The van der Waals surface area contributed by atoms with Crippen LogP contribution in [0.2, 0.25) is 0 Å². The van der Waals surface area contributed by atoms with Crippen LogP contribution in [0.4, 0.5) is 4.39 Å². The topological polar surface area (TPSA) is 81.6 Å². The SMILES string of the molecule is O=C(NCc1ccc(F)cc1)[C@@H]1Cc2cc(O)c(O)cc2CN1. The van der Waals surface area contributed by atoms with Crippen LogP contribution in [0.15, 0.2) is 36.4 Å². The molecule has 6 heteroatoms. The molecule has 0 aliphatic carbocycles. The molecule has 0 radical (unpaired) electrons. The van der Waals surface area contributed by atoms with E-state index in [2.05, 4.69) is 10.6 Å². The second-order valence-corrected chi connectivity index (χ2v) is 5.59. The quantitative estimate of drug-likeness (QED) is 0.648. The molecule has 0 saturated carbocycles. The lowest BCUT2D eigenvalue weighted by Crippen LogP contribution is -2.47. The van der Waals surface area contributed by atoms with Crippen molar-refractivity contribution >= 4 is 5.91 Å². The normalized spacial score (nSPS) is 16.7. The molecule has 3 rings (SSSR count). The number of halogens is 1. The lowest BCUT2D eigenvalue weighted by molar-refractivity contribution is -0.123. The van der Waals surface area contributed by atoms with Crippen LogP contribution in [0.1, 0.15) is 16.7 Å². The highest BCUT2D eigenvalue weighted by atomic mass is 19.1. The molecule has 5 nitrogen and oxygen atoms in total. The van der Waals surface area contributed by atoms with Crippen molar-refractivity contribution in [1.82, 2.24) is 10.6 Å². The van der Waals surface area contributed by atoms with Crippen LogP contribution in [-0.2, 0) is 24.3 Å². The number of rotatable bonds is 3. The molecule has 1 aliphatic heterocycles. The number of hydrogen-bond acceptors (Lipinski definition) is 4.